The molecule has 1 heterocycles. The van der Waals surface area contributed by atoms with Crippen molar-refractivity contribution in [2.45, 2.75) is 6.92 Å². The molecule has 1 aromatic rings. The summed E-state index contributed by atoms with van der Waals surface area (Å²) in [7, 11) is 0. The molecule has 0 unspecified atom stereocenters. The van der Waals surface area contributed by atoms with Gasteiger partial charge < -0.3 is 4.90 Å². The van der Waals surface area contributed by atoms with Gasteiger partial charge in [-0.2, -0.15) is 0 Å². The van der Waals surface area contributed by atoms with Crippen LogP contribution in [0.2, 0.25) is 5.02 Å². The van der Waals surface area contributed by atoms with Gasteiger partial charge in [-0.05, 0) is 40.0 Å². The average molecular weight is 261 g/mol. The van der Waals surface area contributed by atoms with Crippen LogP contribution in [0.5, 0.6) is 0 Å². The van der Waals surface area contributed by atoms with Gasteiger partial charge in [0.15, 0.2) is 0 Å². The zero-order chi connectivity index (χ0) is 9.42. The van der Waals surface area contributed by atoms with Gasteiger partial charge in [-0.1, -0.05) is 18.5 Å². The molecule has 0 aliphatic carbocycles. The second-order valence-corrected chi connectivity index (χ2v) is 4.90. The smallest absolute Gasteiger partial charge is 0.0525 e. The van der Waals surface area contributed by atoms with Crippen LogP contribution < -0.4 is 4.90 Å². The summed E-state index contributed by atoms with van der Waals surface area (Å²) in [6.45, 7) is 4.53. The minimum absolute atomic E-state index is 0.803. The minimum atomic E-state index is 0.803. The monoisotopic (exact) mass is 259 g/mol. The Bertz CT molecular complexity index is 321. The summed E-state index contributed by atoms with van der Waals surface area (Å²) in [5, 5.41) is 0.803. The Morgan fingerprint density at radius 3 is 2.77 bits per heavy atom. The molecule has 70 valence electrons. The molecule has 0 atom stereocenters. The molecule has 0 saturated carbocycles. The molecule has 1 saturated heterocycles. The predicted octanol–water partition coefficient (Wildman–Crippen LogP) is 3.56. The Morgan fingerprint density at radius 1 is 1.46 bits per heavy atom. The van der Waals surface area contributed by atoms with Gasteiger partial charge in [0, 0.05) is 22.6 Å². The third kappa shape index (κ3) is 1.84. The Hall–Kier alpha value is -0.210. The third-order valence-corrected chi connectivity index (χ3v) is 3.22. The molecule has 0 aromatic heterocycles. The van der Waals surface area contributed by atoms with E-state index < -0.39 is 0 Å². The van der Waals surface area contributed by atoms with Crippen LogP contribution in [0, 0.1) is 5.92 Å². The highest BCUT2D eigenvalue weighted by molar-refractivity contribution is 9.10. The van der Waals surface area contributed by atoms with Crippen LogP contribution in [0.4, 0.5) is 5.69 Å². The molecule has 2 rings (SSSR count). The molecule has 0 radical (unpaired) electrons. The van der Waals surface area contributed by atoms with Crippen LogP contribution in [0.1, 0.15) is 6.92 Å². The first-order valence-electron chi connectivity index (χ1n) is 4.37. The first-order valence-corrected chi connectivity index (χ1v) is 5.54. The van der Waals surface area contributed by atoms with E-state index in [0.29, 0.717) is 0 Å². The molecule has 0 N–H and O–H groups in total. The van der Waals surface area contributed by atoms with Crippen LogP contribution in [0.15, 0.2) is 22.7 Å². The maximum atomic E-state index is 5.93. The highest BCUT2D eigenvalue weighted by atomic mass is 79.9. The van der Waals surface area contributed by atoms with Gasteiger partial charge >= 0.3 is 0 Å². The van der Waals surface area contributed by atoms with E-state index in [1.54, 1.807) is 0 Å². The second-order valence-electron chi connectivity index (χ2n) is 3.61. The van der Waals surface area contributed by atoms with E-state index in [1.807, 2.05) is 18.2 Å². The predicted molar refractivity (Wildman–Crippen MR) is 60.5 cm³/mol. The summed E-state index contributed by atoms with van der Waals surface area (Å²) in [5.74, 6) is 0.811. The fraction of sp³-hybridized carbons (Fsp3) is 0.400. The van der Waals surface area contributed by atoms with Gasteiger partial charge in [-0.3, -0.25) is 0 Å². The van der Waals surface area contributed by atoms with Crippen molar-refractivity contribution in [1.29, 1.82) is 0 Å². The first-order chi connectivity index (χ1) is 6.16. The molecule has 1 nitrogen and oxygen atoms in total. The van der Waals surface area contributed by atoms with Crippen LogP contribution in [0.3, 0.4) is 0 Å². The quantitative estimate of drug-likeness (QED) is 0.746. The molecule has 3 heteroatoms. The van der Waals surface area contributed by atoms with E-state index in [9.17, 15) is 0 Å². The van der Waals surface area contributed by atoms with Gasteiger partial charge in [0.2, 0.25) is 0 Å². The van der Waals surface area contributed by atoms with E-state index in [0.717, 1.165) is 28.5 Å². The van der Waals surface area contributed by atoms with Crippen molar-refractivity contribution in [3.05, 3.63) is 27.7 Å². The van der Waals surface area contributed by atoms with Gasteiger partial charge in [0.25, 0.3) is 0 Å². The standard InChI is InChI=1S/C10H11BrClN/c1-7-5-13(6-7)10-4-8(12)2-3-9(10)11/h2-4,7H,5-6H2,1H3. The maximum absolute atomic E-state index is 5.93. The van der Waals surface area contributed by atoms with Crippen molar-refractivity contribution >= 4 is 33.2 Å². The van der Waals surface area contributed by atoms with E-state index in [4.69, 9.17) is 11.6 Å². The molecule has 13 heavy (non-hydrogen) atoms. The molecule has 1 aliphatic heterocycles. The number of nitrogens with zero attached hydrogens (tertiary/aromatic N) is 1. The van der Waals surface area contributed by atoms with E-state index in [-0.39, 0.29) is 0 Å². The molecule has 1 aromatic carbocycles. The second kappa shape index (κ2) is 3.50. The normalized spacial score (nSPS) is 17.3. The summed E-state index contributed by atoms with van der Waals surface area (Å²) in [5.41, 5.74) is 1.21. The Labute approximate surface area is 91.8 Å². The van der Waals surface area contributed by atoms with Gasteiger partial charge in [-0.15, -0.1) is 0 Å². The lowest BCUT2D eigenvalue weighted by molar-refractivity contribution is 0.447. The highest BCUT2D eigenvalue weighted by Gasteiger charge is 2.24. The van der Waals surface area contributed by atoms with Gasteiger partial charge in [0.05, 0.1) is 5.69 Å². The lowest BCUT2D eigenvalue weighted by Gasteiger charge is -2.39. The van der Waals surface area contributed by atoms with Crippen molar-refractivity contribution in [3.8, 4) is 0 Å². The maximum Gasteiger partial charge on any atom is 0.0525 e. The fourth-order valence-corrected chi connectivity index (χ4v) is 2.29. The first kappa shape index (κ1) is 9.35. The summed E-state index contributed by atoms with van der Waals surface area (Å²) in [4.78, 5) is 2.33. The number of hydrogen-bond acceptors (Lipinski definition) is 1. The average Bonchev–Trinajstić information content (AvgIpc) is 2.04. The van der Waals surface area contributed by atoms with Crippen molar-refractivity contribution in [2.24, 2.45) is 5.92 Å². The molecular weight excluding hydrogens is 249 g/mol. The molecule has 1 aliphatic rings. The van der Waals surface area contributed by atoms with Crippen LogP contribution in [0.25, 0.3) is 0 Å². The Balaban J connectivity index is 2.24. The summed E-state index contributed by atoms with van der Waals surface area (Å²) < 4.78 is 1.13. The molecule has 0 amide bonds. The lowest BCUT2D eigenvalue weighted by Crippen LogP contribution is -2.45. The Morgan fingerprint density at radius 2 is 2.15 bits per heavy atom. The largest absolute Gasteiger partial charge is 0.370 e. The number of anilines is 1. The van der Waals surface area contributed by atoms with Gasteiger partial charge in [0.1, 0.15) is 0 Å². The topological polar surface area (TPSA) is 3.24 Å². The summed E-state index contributed by atoms with van der Waals surface area (Å²) in [6.07, 6.45) is 0. The van der Waals surface area contributed by atoms with E-state index >= 15 is 0 Å². The summed E-state index contributed by atoms with van der Waals surface area (Å²) >= 11 is 9.46. The van der Waals surface area contributed by atoms with Crippen LogP contribution in [-0.4, -0.2) is 13.1 Å². The fourth-order valence-electron chi connectivity index (χ4n) is 1.62. The zero-order valence-electron chi connectivity index (χ0n) is 7.43. The number of hydrogen-bond donors (Lipinski definition) is 0. The SMILES string of the molecule is CC1CN(c2cc(Cl)ccc2Br)C1. The van der Waals surface area contributed by atoms with Crippen molar-refractivity contribution in [2.75, 3.05) is 18.0 Å². The number of rotatable bonds is 1. The molecule has 1 fully saturated rings. The van der Waals surface area contributed by atoms with Crippen LogP contribution >= 0.6 is 27.5 Å². The number of halogens is 2. The van der Waals surface area contributed by atoms with Crippen molar-refractivity contribution in [1.82, 2.24) is 0 Å². The summed E-state index contributed by atoms with van der Waals surface area (Å²) in [6, 6.07) is 5.91. The van der Waals surface area contributed by atoms with Crippen LogP contribution in [-0.2, 0) is 0 Å². The highest BCUT2D eigenvalue weighted by Crippen LogP contribution is 2.33. The van der Waals surface area contributed by atoms with E-state index in [2.05, 4.69) is 27.8 Å². The molecule has 0 spiro atoms. The number of benzene rings is 1. The van der Waals surface area contributed by atoms with E-state index in [1.165, 1.54) is 5.69 Å². The van der Waals surface area contributed by atoms with Gasteiger partial charge in [-0.25, -0.2) is 0 Å². The van der Waals surface area contributed by atoms with Crippen molar-refractivity contribution < 1.29 is 0 Å². The molecular formula is C10H11BrClN. The third-order valence-electron chi connectivity index (χ3n) is 2.31. The van der Waals surface area contributed by atoms with Crippen molar-refractivity contribution in [3.63, 3.8) is 0 Å². The zero-order valence-corrected chi connectivity index (χ0v) is 9.77. The minimum Gasteiger partial charge on any atom is -0.370 e. The lowest BCUT2D eigenvalue weighted by atomic mass is 10.0. The molecule has 0 bridgehead atoms. The Kier molecular flexibility index (Phi) is 2.52.